The lowest BCUT2D eigenvalue weighted by molar-refractivity contribution is 0.0696. The standard InChI is InChI=1S/C22H16F2N2O6S/c23-15-4-7-17(24)20(12-15)33(30,31)26-9-10-32-19-8-3-14(11-18(19)26)21(27)25-16-5-1-13(2-6-16)22(28)29/h1-8,11-12H,9-10H2,(H,25,27)(H,28,29). The number of carboxylic acids is 1. The van der Waals surface area contributed by atoms with E-state index in [-0.39, 0.29) is 35.7 Å². The third kappa shape index (κ3) is 4.35. The average Bonchev–Trinajstić information content (AvgIpc) is 2.80. The van der Waals surface area contributed by atoms with Crippen LogP contribution in [-0.2, 0) is 10.0 Å². The number of anilines is 2. The van der Waals surface area contributed by atoms with Gasteiger partial charge in [-0.1, -0.05) is 0 Å². The first-order valence-electron chi connectivity index (χ1n) is 9.56. The van der Waals surface area contributed by atoms with Crippen LogP contribution < -0.4 is 14.4 Å². The number of carboxylic acid groups (broad SMARTS) is 1. The van der Waals surface area contributed by atoms with Crippen molar-refractivity contribution >= 4 is 33.3 Å². The smallest absolute Gasteiger partial charge is 0.335 e. The second-order valence-corrected chi connectivity index (χ2v) is 8.85. The van der Waals surface area contributed by atoms with Crippen molar-refractivity contribution in [1.82, 2.24) is 0 Å². The maximum absolute atomic E-state index is 14.2. The number of carbonyl (C=O) groups excluding carboxylic acids is 1. The van der Waals surface area contributed by atoms with Crippen LogP contribution in [0.3, 0.4) is 0 Å². The fourth-order valence-electron chi connectivity index (χ4n) is 3.28. The number of fused-ring (bicyclic) bond motifs is 1. The lowest BCUT2D eigenvalue weighted by atomic mass is 10.1. The van der Waals surface area contributed by atoms with E-state index in [2.05, 4.69) is 5.32 Å². The third-order valence-corrected chi connectivity index (χ3v) is 6.72. The molecule has 0 fully saturated rings. The predicted molar refractivity (Wildman–Crippen MR) is 114 cm³/mol. The molecule has 0 aromatic heterocycles. The number of aromatic carboxylic acids is 1. The molecule has 1 aliphatic rings. The third-order valence-electron chi connectivity index (χ3n) is 4.89. The highest BCUT2D eigenvalue weighted by Crippen LogP contribution is 2.37. The first-order chi connectivity index (χ1) is 15.7. The monoisotopic (exact) mass is 474 g/mol. The molecule has 3 aromatic carbocycles. The molecule has 0 saturated heterocycles. The minimum Gasteiger partial charge on any atom is -0.489 e. The number of rotatable bonds is 5. The molecule has 11 heteroatoms. The number of benzene rings is 3. The Labute approximate surface area is 187 Å². The summed E-state index contributed by atoms with van der Waals surface area (Å²) in [7, 11) is -4.49. The molecule has 0 unspecified atom stereocenters. The number of amides is 1. The molecule has 0 aliphatic carbocycles. The Morgan fingerprint density at radius 1 is 0.970 bits per heavy atom. The van der Waals surface area contributed by atoms with Crippen LogP contribution in [0.25, 0.3) is 0 Å². The highest BCUT2D eigenvalue weighted by Gasteiger charge is 2.33. The number of nitrogens with zero attached hydrogens (tertiary/aromatic N) is 1. The van der Waals surface area contributed by atoms with Gasteiger partial charge in [0.05, 0.1) is 17.8 Å². The zero-order valence-electron chi connectivity index (χ0n) is 16.8. The summed E-state index contributed by atoms with van der Waals surface area (Å²) in [6, 6.07) is 11.7. The molecule has 170 valence electrons. The Morgan fingerprint density at radius 3 is 2.36 bits per heavy atom. The van der Waals surface area contributed by atoms with E-state index >= 15 is 0 Å². The molecular weight excluding hydrogens is 458 g/mol. The van der Waals surface area contributed by atoms with Crippen molar-refractivity contribution in [3.05, 3.63) is 83.4 Å². The number of nitrogens with one attached hydrogen (secondary N) is 1. The molecule has 0 bridgehead atoms. The Kier molecular flexibility index (Phi) is 5.73. The minimum absolute atomic E-state index is 0.00112. The Balaban J connectivity index is 1.66. The number of hydrogen-bond acceptors (Lipinski definition) is 5. The maximum Gasteiger partial charge on any atom is 0.335 e. The summed E-state index contributed by atoms with van der Waals surface area (Å²) in [5, 5.41) is 11.5. The summed E-state index contributed by atoms with van der Waals surface area (Å²) in [4.78, 5) is 22.8. The van der Waals surface area contributed by atoms with Crippen LogP contribution >= 0.6 is 0 Å². The number of halogens is 2. The molecule has 0 atom stereocenters. The van der Waals surface area contributed by atoms with E-state index in [1.807, 2.05) is 0 Å². The molecule has 33 heavy (non-hydrogen) atoms. The van der Waals surface area contributed by atoms with Gasteiger partial charge in [-0.2, -0.15) is 0 Å². The molecule has 0 radical (unpaired) electrons. The van der Waals surface area contributed by atoms with E-state index in [1.165, 1.54) is 42.5 Å². The molecule has 3 aromatic rings. The highest BCUT2D eigenvalue weighted by molar-refractivity contribution is 7.92. The van der Waals surface area contributed by atoms with Gasteiger partial charge in [-0.05, 0) is 60.7 Å². The van der Waals surface area contributed by atoms with Crippen molar-refractivity contribution in [3.63, 3.8) is 0 Å². The maximum atomic E-state index is 14.2. The van der Waals surface area contributed by atoms with Gasteiger partial charge in [-0.3, -0.25) is 9.10 Å². The average molecular weight is 474 g/mol. The van der Waals surface area contributed by atoms with Gasteiger partial charge in [-0.25, -0.2) is 22.0 Å². The first-order valence-corrected chi connectivity index (χ1v) is 11.0. The Morgan fingerprint density at radius 2 is 1.67 bits per heavy atom. The number of sulfonamides is 1. The van der Waals surface area contributed by atoms with Crippen LogP contribution in [0.1, 0.15) is 20.7 Å². The number of hydrogen-bond donors (Lipinski definition) is 2. The largest absolute Gasteiger partial charge is 0.489 e. The zero-order chi connectivity index (χ0) is 23.8. The lowest BCUT2D eigenvalue weighted by Crippen LogP contribution is -2.38. The van der Waals surface area contributed by atoms with E-state index in [0.717, 1.165) is 16.4 Å². The summed E-state index contributed by atoms with van der Waals surface area (Å²) < 4.78 is 60.4. The van der Waals surface area contributed by atoms with Gasteiger partial charge < -0.3 is 15.2 Å². The Hall–Kier alpha value is -3.99. The van der Waals surface area contributed by atoms with Gasteiger partial charge >= 0.3 is 5.97 Å². The predicted octanol–water partition coefficient (Wildman–Crippen LogP) is 3.50. The molecular formula is C22H16F2N2O6S. The van der Waals surface area contributed by atoms with E-state index in [4.69, 9.17) is 9.84 Å². The van der Waals surface area contributed by atoms with Crippen molar-refractivity contribution in [2.24, 2.45) is 0 Å². The van der Waals surface area contributed by atoms with Crippen molar-refractivity contribution in [2.75, 3.05) is 22.8 Å². The van der Waals surface area contributed by atoms with Crippen LogP contribution in [-0.4, -0.2) is 38.6 Å². The van der Waals surface area contributed by atoms with Gasteiger partial charge in [0.15, 0.2) is 0 Å². The molecule has 1 aliphatic heterocycles. The van der Waals surface area contributed by atoms with E-state index in [1.54, 1.807) is 0 Å². The summed E-state index contributed by atoms with van der Waals surface area (Å²) in [6.07, 6.45) is 0. The molecule has 1 heterocycles. The molecule has 0 spiro atoms. The molecule has 4 rings (SSSR count). The normalized spacial score (nSPS) is 13.1. The summed E-state index contributed by atoms with van der Waals surface area (Å²) in [6.45, 7) is -0.197. The number of carbonyl (C=O) groups is 2. The zero-order valence-corrected chi connectivity index (χ0v) is 17.6. The van der Waals surface area contributed by atoms with Crippen molar-refractivity contribution < 1.29 is 36.6 Å². The van der Waals surface area contributed by atoms with Gasteiger partial charge in [0.2, 0.25) is 0 Å². The van der Waals surface area contributed by atoms with Crippen molar-refractivity contribution in [3.8, 4) is 5.75 Å². The molecule has 0 saturated carbocycles. The summed E-state index contributed by atoms with van der Waals surface area (Å²) >= 11 is 0. The van der Waals surface area contributed by atoms with Crippen LogP contribution in [0.2, 0.25) is 0 Å². The van der Waals surface area contributed by atoms with Crippen LogP contribution in [0.5, 0.6) is 5.75 Å². The topological polar surface area (TPSA) is 113 Å². The van der Waals surface area contributed by atoms with E-state index < -0.39 is 38.4 Å². The quantitative estimate of drug-likeness (QED) is 0.585. The second-order valence-electron chi connectivity index (χ2n) is 7.02. The minimum atomic E-state index is -4.49. The van der Waals surface area contributed by atoms with Crippen LogP contribution in [0.4, 0.5) is 20.2 Å². The molecule has 2 N–H and O–H groups in total. The molecule has 8 nitrogen and oxygen atoms in total. The first kappa shape index (κ1) is 22.2. The number of ether oxygens (including phenoxy) is 1. The van der Waals surface area contributed by atoms with E-state index in [9.17, 15) is 26.8 Å². The van der Waals surface area contributed by atoms with Crippen LogP contribution in [0, 0.1) is 11.6 Å². The second kappa shape index (κ2) is 8.51. The van der Waals surface area contributed by atoms with Crippen molar-refractivity contribution in [1.29, 1.82) is 0 Å². The fourth-order valence-corrected chi connectivity index (χ4v) is 4.81. The van der Waals surface area contributed by atoms with Gasteiger partial charge in [-0.15, -0.1) is 0 Å². The SMILES string of the molecule is O=C(O)c1ccc(NC(=O)c2ccc3c(c2)N(S(=O)(=O)c2cc(F)ccc2F)CCO3)cc1. The summed E-state index contributed by atoms with van der Waals surface area (Å²) in [5.74, 6) is -3.57. The van der Waals surface area contributed by atoms with Crippen molar-refractivity contribution in [2.45, 2.75) is 4.90 Å². The lowest BCUT2D eigenvalue weighted by Gasteiger charge is -2.30. The highest BCUT2D eigenvalue weighted by atomic mass is 32.2. The fraction of sp³-hybridized carbons (Fsp3) is 0.0909. The Bertz CT molecular complexity index is 1360. The van der Waals surface area contributed by atoms with Crippen LogP contribution in [0.15, 0.2) is 65.6 Å². The summed E-state index contributed by atoms with van der Waals surface area (Å²) in [5.41, 5.74) is 0.440. The van der Waals surface area contributed by atoms with Gasteiger partial charge in [0, 0.05) is 11.3 Å². The van der Waals surface area contributed by atoms with E-state index in [0.29, 0.717) is 11.8 Å². The molecule has 1 amide bonds. The van der Waals surface area contributed by atoms with Gasteiger partial charge in [0.25, 0.3) is 15.9 Å². The van der Waals surface area contributed by atoms with Gasteiger partial charge in [0.1, 0.15) is 28.9 Å².